The molecular formula is C13H15N3O2S. The van der Waals surface area contributed by atoms with Crippen LogP contribution in [0.15, 0.2) is 11.4 Å². The molecule has 1 aromatic heterocycles. The van der Waals surface area contributed by atoms with Crippen molar-refractivity contribution in [1.29, 1.82) is 5.26 Å². The summed E-state index contributed by atoms with van der Waals surface area (Å²) in [6.07, 6.45) is 1.77. The van der Waals surface area contributed by atoms with Gasteiger partial charge < -0.3 is 10.6 Å². The lowest BCUT2D eigenvalue weighted by atomic mass is 9.97. The number of hydrogen-bond acceptors (Lipinski definition) is 4. The number of amides is 2. The van der Waals surface area contributed by atoms with Gasteiger partial charge in [0, 0.05) is 13.1 Å². The average molecular weight is 277 g/mol. The minimum atomic E-state index is -0.342. The Kier molecular flexibility index (Phi) is 4.17. The second-order valence-electron chi connectivity index (χ2n) is 4.64. The van der Waals surface area contributed by atoms with Crippen molar-refractivity contribution in [2.24, 2.45) is 11.7 Å². The van der Waals surface area contributed by atoms with Crippen molar-refractivity contribution in [1.82, 2.24) is 4.90 Å². The molecule has 1 saturated heterocycles. The number of piperidine rings is 1. The molecule has 2 N–H and O–H groups in total. The average Bonchev–Trinajstić information content (AvgIpc) is 2.86. The molecule has 2 rings (SSSR count). The highest BCUT2D eigenvalue weighted by atomic mass is 32.1. The van der Waals surface area contributed by atoms with Crippen molar-refractivity contribution in [2.45, 2.75) is 19.3 Å². The number of nitrogens with two attached hydrogens (primary N) is 1. The summed E-state index contributed by atoms with van der Waals surface area (Å²) in [5.41, 5.74) is 6.06. The zero-order valence-electron chi connectivity index (χ0n) is 10.5. The molecule has 1 fully saturated rings. The quantitative estimate of drug-likeness (QED) is 0.890. The first kappa shape index (κ1) is 13.6. The molecule has 0 bridgehead atoms. The summed E-state index contributed by atoms with van der Waals surface area (Å²) in [4.78, 5) is 25.6. The SMILES string of the molecule is N#Cc1sccc1CC(=O)N1CCC[C@H](C(N)=O)C1. The number of primary amides is 1. The van der Waals surface area contributed by atoms with E-state index in [0.29, 0.717) is 18.0 Å². The molecular weight excluding hydrogens is 262 g/mol. The van der Waals surface area contributed by atoms with Crippen LogP contribution in [-0.4, -0.2) is 29.8 Å². The summed E-state index contributed by atoms with van der Waals surface area (Å²) in [6.45, 7) is 1.06. The van der Waals surface area contributed by atoms with Crippen LogP contribution in [0.1, 0.15) is 23.3 Å². The lowest BCUT2D eigenvalue weighted by molar-refractivity contribution is -0.134. The van der Waals surface area contributed by atoms with Gasteiger partial charge in [0.1, 0.15) is 10.9 Å². The summed E-state index contributed by atoms with van der Waals surface area (Å²) in [7, 11) is 0. The molecule has 1 aromatic rings. The zero-order valence-corrected chi connectivity index (χ0v) is 11.3. The van der Waals surface area contributed by atoms with E-state index < -0.39 is 0 Å². The van der Waals surface area contributed by atoms with Gasteiger partial charge in [-0.15, -0.1) is 11.3 Å². The van der Waals surface area contributed by atoms with Crippen LogP contribution < -0.4 is 5.73 Å². The second kappa shape index (κ2) is 5.85. The van der Waals surface area contributed by atoms with Crippen LogP contribution in [0.4, 0.5) is 0 Å². The smallest absolute Gasteiger partial charge is 0.227 e. The predicted octanol–water partition coefficient (Wildman–Crippen LogP) is 0.886. The van der Waals surface area contributed by atoms with Crippen molar-refractivity contribution < 1.29 is 9.59 Å². The summed E-state index contributed by atoms with van der Waals surface area (Å²) >= 11 is 1.34. The van der Waals surface area contributed by atoms with Crippen LogP contribution in [-0.2, 0) is 16.0 Å². The Morgan fingerprint density at radius 2 is 2.37 bits per heavy atom. The molecule has 0 aliphatic carbocycles. The van der Waals surface area contributed by atoms with E-state index in [1.165, 1.54) is 11.3 Å². The number of likely N-dealkylation sites (tertiary alicyclic amines) is 1. The van der Waals surface area contributed by atoms with Gasteiger partial charge >= 0.3 is 0 Å². The van der Waals surface area contributed by atoms with Crippen LogP contribution in [0.2, 0.25) is 0 Å². The normalized spacial score (nSPS) is 18.9. The number of hydrogen-bond donors (Lipinski definition) is 1. The van der Waals surface area contributed by atoms with Crippen molar-refractivity contribution >= 4 is 23.2 Å². The van der Waals surface area contributed by atoms with Crippen LogP contribution in [0.3, 0.4) is 0 Å². The number of nitriles is 1. The molecule has 100 valence electrons. The van der Waals surface area contributed by atoms with Crippen molar-refractivity contribution in [2.75, 3.05) is 13.1 Å². The van der Waals surface area contributed by atoms with Gasteiger partial charge in [0.2, 0.25) is 11.8 Å². The first-order valence-corrected chi connectivity index (χ1v) is 7.03. The van der Waals surface area contributed by atoms with Crippen LogP contribution in [0, 0.1) is 17.2 Å². The van der Waals surface area contributed by atoms with Gasteiger partial charge in [-0.25, -0.2) is 0 Å². The largest absolute Gasteiger partial charge is 0.369 e. The Morgan fingerprint density at radius 1 is 1.58 bits per heavy atom. The van der Waals surface area contributed by atoms with Crippen molar-refractivity contribution in [3.63, 3.8) is 0 Å². The van der Waals surface area contributed by atoms with Crippen LogP contribution in [0.25, 0.3) is 0 Å². The fourth-order valence-corrected chi connectivity index (χ4v) is 3.00. The molecule has 1 aliphatic heterocycles. The topological polar surface area (TPSA) is 87.2 Å². The minimum absolute atomic E-state index is 0.0409. The molecule has 0 spiro atoms. The summed E-state index contributed by atoms with van der Waals surface area (Å²) in [5, 5.41) is 10.7. The number of thiophene rings is 1. The Labute approximate surface area is 115 Å². The number of carbonyl (C=O) groups excluding carboxylic acids is 2. The fraction of sp³-hybridized carbons (Fsp3) is 0.462. The summed E-state index contributed by atoms with van der Waals surface area (Å²) in [6, 6.07) is 3.89. The minimum Gasteiger partial charge on any atom is -0.369 e. The highest BCUT2D eigenvalue weighted by Crippen LogP contribution is 2.20. The van der Waals surface area contributed by atoms with E-state index in [0.717, 1.165) is 18.4 Å². The number of carbonyl (C=O) groups is 2. The third-order valence-electron chi connectivity index (χ3n) is 3.37. The number of nitrogens with zero attached hydrogens (tertiary/aromatic N) is 2. The van der Waals surface area contributed by atoms with Gasteiger partial charge in [0.05, 0.1) is 12.3 Å². The van der Waals surface area contributed by atoms with E-state index in [-0.39, 0.29) is 24.2 Å². The highest BCUT2D eigenvalue weighted by Gasteiger charge is 2.27. The van der Waals surface area contributed by atoms with Gasteiger partial charge in [-0.2, -0.15) is 5.26 Å². The van der Waals surface area contributed by atoms with E-state index in [2.05, 4.69) is 6.07 Å². The molecule has 6 heteroatoms. The molecule has 0 unspecified atom stereocenters. The third kappa shape index (κ3) is 3.12. The monoisotopic (exact) mass is 277 g/mol. The van der Waals surface area contributed by atoms with Crippen molar-refractivity contribution in [3.8, 4) is 6.07 Å². The Bertz CT molecular complexity index is 532. The first-order valence-electron chi connectivity index (χ1n) is 6.15. The van der Waals surface area contributed by atoms with Gasteiger partial charge in [-0.05, 0) is 29.9 Å². The van der Waals surface area contributed by atoms with E-state index in [1.54, 1.807) is 11.0 Å². The first-order chi connectivity index (χ1) is 9.11. The lowest BCUT2D eigenvalue weighted by Gasteiger charge is -2.31. The summed E-state index contributed by atoms with van der Waals surface area (Å²) < 4.78 is 0. The maximum absolute atomic E-state index is 12.2. The molecule has 5 nitrogen and oxygen atoms in total. The van der Waals surface area contributed by atoms with Gasteiger partial charge in [0.25, 0.3) is 0 Å². The van der Waals surface area contributed by atoms with Crippen molar-refractivity contribution in [3.05, 3.63) is 21.9 Å². The highest BCUT2D eigenvalue weighted by molar-refractivity contribution is 7.10. The van der Waals surface area contributed by atoms with E-state index in [1.807, 2.05) is 5.38 Å². The van der Waals surface area contributed by atoms with Crippen LogP contribution >= 0.6 is 11.3 Å². The second-order valence-corrected chi connectivity index (χ2v) is 5.56. The molecule has 1 aliphatic rings. The van der Waals surface area contributed by atoms with Gasteiger partial charge in [0.15, 0.2) is 0 Å². The fourth-order valence-electron chi connectivity index (χ4n) is 2.28. The maximum Gasteiger partial charge on any atom is 0.227 e. The molecule has 1 atom stereocenters. The zero-order chi connectivity index (χ0) is 13.8. The molecule has 0 aromatic carbocycles. The third-order valence-corrected chi connectivity index (χ3v) is 4.23. The number of rotatable bonds is 3. The predicted molar refractivity (Wildman–Crippen MR) is 71.2 cm³/mol. The van der Waals surface area contributed by atoms with Gasteiger partial charge in [-0.1, -0.05) is 0 Å². The standard InChI is InChI=1S/C13H15N3O2S/c14-7-11-9(3-5-19-11)6-12(17)16-4-1-2-10(8-16)13(15)18/h3,5,10H,1-2,4,6,8H2,(H2,15,18)/t10-/m0/s1. The van der Waals surface area contributed by atoms with E-state index in [4.69, 9.17) is 11.0 Å². The summed E-state index contributed by atoms with van der Waals surface area (Å²) in [5.74, 6) is -0.623. The van der Waals surface area contributed by atoms with E-state index in [9.17, 15) is 9.59 Å². The Balaban J connectivity index is 2.00. The van der Waals surface area contributed by atoms with Crippen LogP contribution in [0.5, 0.6) is 0 Å². The molecule has 0 radical (unpaired) electrons. The maximum atomic E-state index is 12.2. The Morgan fingerprint density at radius 3 is 3.05 bits per heavy atom. The van der Waals surface area contributed by atoms with Gasteiger partial charge in [-0.3, -0.25) is 9.59 Å². The molecule has 2 heterocycles. The lowest BCUT2D eigenvalue weighted by Crippen LogP contribution is -2.44. The molecule has 2 amide bonds. The molecule has 19 heavy (non-hydrogen) atoms. The molecule has 0 saturated carbocycles. The van der Waals surface area contributed by atoms with E-state index >= 15 is 0 Å². The Hall–Kier alpha value is -1.87.